The van der Waals surface area contributed by atoms with Crippen molar-refractivity contribution in [2.24, 2.45) is 0 Å². The van der Waals surface area contributed by atoms with E-state index in [2.05, 4.69) is 20.7 Å². The number of hydrogen-bond acceptors (Lipinski definition) is 3. The van der Waals surface area contributed by atoms with Gasteiger partial charge in [0.05, 0.1) is 15.8 Å². The molecule has 8 heteroatoms. The van der Waals surface area contributed by atoms with E-state index in [-0.39, 0.29) is 15.8 Å². The van der Waals surface area contributed by atoms with Gasteiger partial charge in [0, 0.05) is 6.04 Å². The fraction of sp³-hybridized carbons (Fsp3) is 0.364. The molecule has 5 nitrogen and oxygen atoms in total. The zero-order valence-electron chi connectivity index (χ0n) is 10.1. The Kier molecular flexibility index (Phi) is 5.45. The van der Waals surface area contributed by atoms with E-state index >= 15 is 0 Å². The number of nitrogens with one attached hydrogen (secondary N) is 1. The highest BCUT2D eigenvalue weighted by Crippen LogP contribution is 2.19. The van der Waals surface area contributed by atoms with Crippen LogP contribution in [-0.2, 0) is 14.8 Å². The third kappa shape index (κ3) is 4.55. The number of benzene rings is 1. The molecule has 1 atom stereocenters. The summed E-state index contributed by atoms with van der Waals surface area (Å²) in [7, 11) is -3.93. The normalized spacial score (nSPS) is 13.2. The predicted octanol–water partition coefficient (Wildman–Crippen LogP) is 2.12. The number of halogens is 2. The summed E-state index contributed by atoms with van der Waals surface area (Å²) < 4.78 is 39.6. The molecule has 0 aliphatic rings. The van der Waals surface area contributed by atoms with Crippen LogP contribution in [0.25, 0.3) is 0 Å². The second-order valence-corrected chi connectivity index (χ2v) is 6.47. The molecule has 0 spiro atoms. The van der Waals surface area contributed by atoms with Crippen LogP contribution >= 0.6 is 15.9 Å². The zero-order valence-corrected chi connectivity index (χ0v) is 12.5. The Morgan fingerprint density at radius 2 is 2.16 bits per heavy atom. The smallest absolute Gasteiger partial charge is 0.304 e. The van der Waals surface area contributed by atoms with Crippen LogP contribution in [0.3, 0.4) is 0 Å². The van der Waals surface area contributed by atoms with Crippen molar-refractivity contribution >= 4 is 31.9 Å². The van der Waals surface area contributed by atoms with Crippen LogP contribution in [-0.4, -0.2) is 25.5 Å². The summed E-state index contributed by atoms with van der Waals surface area (Å²) in [6.07, 6.45) is -0.000714. The van der Waals surface area contributed by atoms with E-state index in [4.69, 9.17) is 5.11 Å². The van der Waals surface area contributed by atoms with Gasteiger partial charge in [-0.15, -0.1) is 0 Å². The maximum absolute atomic E-state index is 13.3. The minimum Gasteiger partial charge on any atom is -0.481 e. The van der Waals surface area contributed by atoms with Gasteiger partial charge in [0.2, 0.25) is 10.0 Å². The first kappa shape index (κ1) is 16.1. The molecule has 0 radical (unpaired) electrons. The Morgan fingerprint density at radius 3 is 2.63 bits per heavy atom. The maximum atomic E-state index is 13.3. The van der Waals surface area contributed by atoms with Crippen LogP contribution in [0, 0.1) is 5.82 Å². The van der Waals surface area contributed by atoms with Crippen LogP contribution in [0.5, 0.6) is 0 Å². The Labute approximate surface area is 119 Å². The van der Waals surface area contributed by atoms with E-state index in [0.717, 1.165) is 6.07 Å². The number of aliphatic carboxylic acids is 1. The molecular weight excluding hydrogens is 341 g/mol. The van der Waals surface area contributed by atoms with E-state index in [1.807, 2.05) is 0 Å². The van der Waals surface area contributed by atoms with Gasteiger partial charge in [-0.1, -0.05) is 6.92 Å². The SMILES string of the molecule is CCC(CC(=O)O)NS(=O)(=O)c1ccc(Br)c(F)c1. The molecule has 0 aliphatic heterocycles. The Balaban J connectivity index is 2.96. The Bertz CT molecular complexity index is 576. The minimum absolute atomic E-state index is 0.157. The number of sulfonamides is 1. The first-order valence-electron chi connectivity index (χ1n) is 5.45. The van der Waals surface area contributed by atoms with Crippen molar-refractivity contribution < 1.29 is 22.7 Å². The second kappa shape index (κ2) is 6.44. The molecule has 106 valence electrons. The molecule has 0 saturated heterocycles. The number of carboxylic acids is 1. The molecule has 0 heterocycles. The Hall–Kier alpha value is -0.990. The van der Waals surface area contributed by atoms with Crippen molar-refractivity contribution in [3.05, 3.63) is 28.5 Å². The van der Waals surface area contributed by atoms with Gasteiger partial charge in [-0.3, -0.25) is 4.79 Å². The molecule has 0 amide bonds. The average Bonchev–Trinajstić information content (AvgIpc) is 2.30. The number of carbonyl (C=O) groups is 1. The van der Waals surface area contributed by atoms with E-state index in [0.29, 0.717) is 6.42 Å². The quantitative estimate of drug-likeness (QED) is 0.820. The van der Waals surface area contributed by atoms with E-state index < -0.39 is 27.9 Å². The molecule has 1 rings (SSSR count). The van der Waals surface area contributed by atoms with Crippen LogP contribution in [0.1, 0.15) is 19.8 Å². The summed E-state index contributed by atoms with van der Waals surface area (Å²) in [5, 5.41) is 8.66. The molecule has 19 heavy (non-hydrogen) atoms. The third-order valence-electron chi connectivity index (χ3n) is 2.44. The monoisotopic (exact) mass is 353 g/mol. The number of hydrogen-bond donors (Lipinski definition) is 2. The van der Waals surface area contributed by atoms with Gasteiger partial charge in [0.1, 0.15) is 5.82 Å². The second-order valence-electron chi connectivity index (χ2n) is 3.90. The van der Waals surface area contributed by atoms with Crippen molar-refractivity contribution in [2.75, 3.05) is 0 Å². The first-order valence-corrected chi connectivity index (χ1v) is 7.73. The predicted molar refractivity (Wildman–Crippen MR) is 70.8 cm³/mol. The fourth-order valence-corrected chi connectivity index (χ4v) is 2.99. The van der Waals surface area contributed by atoms with Crippen molar-refractivity contribution in [3.63, 3.8) is 0 Å². The molecule has 0 bridgehead atoms. The van der Waals surface area contributed by atoms with Gasteiger partial charge >= 0.3 is 5.97 Å². The molecule has 0 aliphatic carbocycles. The van der Waals surface area contributed by atoms with Crippen LogP contribution < -0.4 is 4.72 Å². The van der Waals surface area contributed by atoms with Gasteiger partial charge < -0.3 is 5.11 Å². The highest BCUT2D eigenvalue weighted by molar-refractivity contribution is 9.10. The summed E-state index contributed by atoms with van der Waals surface area (Å²) in [5.41, 5.74) is 0. The lowest BCUT2D eigenvalue weighted by molar-refractivity contribution is -0.137. The summed E-state index contributed by atoms with van der Waals surface area (Å²) in [5.74, 6) is -1.80. The third-order valence-corrected chi connectivity index (χ3v) is 4.60. The molecule has 2 N–H and O–H groups in total. The summed E-state index contributed by atoms with van der Waals surface area (Å²) in [6, 6.07) is 2.67. The average molecular weight is 354 g/mol. The van der Waals surface area contributed by atoms with Gasteiger partial charge in [-0.2, -0.15) is 0 Å². The van der Waals surface area contributed by atoms with E-state index in [1.165, 1.54) is 12.1 Å². The number of carboxylic acid groups (broad SMARTS) is 1. The van der Waals surface area contributed by atoms with Gasteiger partial charge in [-0.05, 0) is 40.5 Å². The van der Waals surface area contributed by atoms with E-state index in [9.17, 15) is 17.6 Å². The lowest BCUT2D eigenvalue weighted by Crippen LogP contribution is -2.36. The molecule has 0 fully saturated rings. The van der Waals surface area contributed by atoms with Crippen LogP contribution in [0.4, 0.5) is 4.39 Å². The van der Waals surface area contributed by atoms with E-state index in [1.54, 1.807) is 6.92 Å². The first-order chi connectivity index (χ1) is 8.76. The van der Waals surface area contributed by atoms with Crippen molar-refractivity contribution in [2.45, 2.75) is 30.7 Å². The van der Waals surface area contributed by atoms with Crippen LogP contribution in [0.15, 0.2) is 27.6 Å². The topological polar surface area (TPSA) is 83.5 Å². The van der Waals surface area contributed by atoms with Gasteiger partial charge in [0.15, 0.2) is 0 Å². The molecule has 0 saturated carbocycles. The zero-order chi connectivity index (χ0) is 14.6. The largest absolute Gasteiger partial charge is 0.481 e. The standard InChI is InChI=1S/C11H13BrFNO4S/c1-2-7(5-11(15)16)14-19(17,18)8-3-4-9(12)10(13)6-8/h3-4,6-7,14H,2,5H2,1H3,(H,15,16). The molecular formula is C11H13BrFNO4S. The fourth-order valence-electron chi connectivity index (χ4n) is 1.41. The van der Waals surface area contributed by atoms with Crippen LogP contribution in [0.2, 0.25) is 0 Å². The highest BCUT2D eigenvalue weighted by atomic mass is 79.9. The summed E-state index contributed by atoms with van der Waals surface area (Å²) >= 11 is 2.93. The lowest BCUT2D eigenvalue weighted by atomic mass is 10.2. The van der Waals surface area contributed by atoms with Crippen molar-refractivity contribution in [1.29, 1.82) is 0 Å². The molecule has 1 aromatic rings. The molecule has 1 aromatic carbocycles. The summed E-state index contributed by atoms with van der Waals surface area (Å²) in [6.45, 7) is 1.66. The minimum atomic E-state index is -3.93. The van der Waals surface area contributed by atoms with Gasteiger partial charge in [0.25, 0.3) is 0 Å². The molecule has 1 unspecified atom stereocenters. The van der Waals surface area contributed by atoms with Gasteiger partial charge in [-0.25, -0.2) is 17.5 Å². The van der Waals surface area contributed by atoms with Crippen molar-refractivity contribution in [1.82, 2.24) is 4.72 Å². The highest BCUT2D eigenvalue weighted by Gasteiger charge is 2.21. The molecule has 0 aromatic heterocycles. The maximum Gasteiger partial charge on any atom is 0.304 e. The number of rotatable bonds is 6. The Morgan fingerprint density at radius 1 is 1.53 bits per heavy atom. The summed E-state index contributed by atoms with van der Waals surface area (Å²) in [4.78, 5) is 10.3. The lowest BCUT2D eigenvalue weighted by Gasteiger charge is -2.15. The van der Waals surface area contributed by atoms with Crippen molar-refractivity contribution in [3.8, 4) is 0 Å².